The van der Waals surface area contributed by atoms with E-state index in [9.17, 15) is 34.6 Å². The fourth-order valence-corrected chi connectivity index (χ4v) is 4.54. The smallest absolute Gasteiger partial charge is 0.368 e. The van der Waals surface area contributed by atoms with Gasteiger partial charge in [-0.3, -0.25) is 29.8 Å². The SMILES string of the molecule is CC[C@H](C)[C@H](NC(=O)[C@@H]1CCCN1C(=O)[C@H](Cc1cnc[nH]1)Nc1cccc([N+](=O)[O-])c1[N+](=O)[O-])C(=O)OC.Cl. The number of benzene rings is 1. The summed E-state index contributed by atoms with van der Waals surface area (Å²) in [6, 6.07) is 0.644. The molecule has 2 aromatic rings. The lowest BCUT2D eigenvalue weighted by Gasteiger charge is -2.30. The Kier molecular flexibility index (Phi) is 11.3. The van der Waals surface area contributed by atoms with E-state index in [-0.39, 0.29) is 37.0 Å². The molecule has 1 aliphatic rings. The molecule has 1 fully saturated rings. The highest BCUT2D eigenvalue weighted by atomic mass is 35.5. The number of para-hydroxylation sites is 1. The molecule has 40 heavy (non-hydrogen) atoms. The first-order valence-electron chi connectivity index (χ1n) is 12.4. The van der Waals surface area contributed by atoms with E-state index in [0.717, 1.165) is 6.07 Å². The van der Waals surface area contributed by atoms with Gasteiger partial charge in [-0.1, -0.05) is 26.3 Å². The number of hydrogen-bond acceptors (Lipinski definition) is 10. The number of imidazole rings is 1. The number of aromatic nitrogens is 2. The molecule has 0 spiro atoms. The second-order valence-electron chi connectivity index (χ2n) is 9.25. The van der Waals surface area contributed by atoms with Gasteiger partial charge in [0, 0.05) is 30.9 Å². The maximum Gasteiger partial charge on any atom is 0.368 e. The van der Waals surface area contributed by atoms with Crippen LogP contribution in [0.1, 0.15) is 38.8 Å². The van der Waals surface area contributed by atoms with Crippen molar-refractivity contribution in [1.29, 1.82) is 0 Å². The number of nitro benzene ring substituents is 2. The van der Waals surface area contributed by atoms with Crippen molar-refractivity contribution < 1.29 is 29.0 Å². The number of halogens is 1. The van der Waals surface area contributed by atoms with Crippen molar-refractivity contribution in [2.45, 2.75) is 57.7 Å². The number of carbonyl (C=O) groups excluding carboxylic acids is 3. The number of aromatic amines is 1. The molecule has 1 aromatic carbocycles. The van der Waals surface area contributed by atoms with Crippen molar-refractivity contribution in [1.82, 2.24) is 20.2 Å². The number of esters is 1. The fourth-order valence-electron chi connectivity index (χ4n) is 4.54. The summed E-state index contributed by atoms with van der Waals surface area (Å²) in [5.41, 5.74) is -1.20. The van der Waals surface area contributed by atoms with E-state index in [4.69, 9.17) is 4.74 Å². The van der Waals surface area contributed by atoms with E-state index in [1.165, 1.54) is 36.7 Å². The van der Waals surface area contributed by atoms with Crippen molar-refractivity contribution in [2.75, 3.05) is 19.0 Å². The van der Waals surface area contributed by atoms with Crippen LogP contribution >= 0.6 is 12.4 Å². The highest BCUT2D eigenvalue weighted by Gasteiger charge is 2.40. The van der Waals surface area contributed by atoms with Gasteiger partial charge in [0.2, 0.25) is 11.8 Å². The van der Waals surface area contributed by atoms with E-state index in [2.05, 4.69) is 20.6 Å². The predicted molar refractivity (Wildman–Crippen MR) is 145 cm³/mol. The first-order valence-corrected chi connectivity index (χ1v) is 12.4. The molecule has 4 atom stereocenters. The molecule has 0 saturated carbocycles. The molecule has 1 aromatic heterocycles. The van der Waals surface area contributed by atoms with Gasteiger partial charge < -0.3 is 25.3 Å². The van der Waals surface area contributed by atoms with E-state index in [1.54, 1.807) is 6.92 Å². The molecule has 1 aliphatic heterocycles. The first kappa shape index (κ1) is 31.9. The van der Waals surface area contributed by atoms with E-state index in [0.29, 0.717) is 25.0 Å². The lowest BCUT2D eigenvalue weighted by atomic mass is 9.98. The summed E-state index contributed by atoms with van der Waals surface area (Å²) >= 11 is 0. The Hall–Kier alpha value is -4.27. The molecule has 3 N–H and O–H groups in total. The lowest BCUT2D eigenvalue weighted by molar-refractivity contribution is -0.421. The number of hydrogen-bond donors (Lipinski definition) is 3. The molecule has 218 valence electrons. The molecule has 0 bridgehead atoms. The Morgan fingerprint density at radius 3 is 2.55 bits per heavy atom. The molecule has 3 rings (SSSR count). The number of amides is 2. The van der Waals surface area contributed by atoms with Crippen molar-refractivity contribution >= 4 is 47.3 Å². The van der Waals surface area contributed by atoms with Crippen LogP contribution in [0.15, 0.2) is 30.7 Å². The minimum absolute atomic E-state index is 0. The van der Waals surface area contributed by atoms with Gasteiger partial charge in [-0.15, -0.1) is 12.4 Å². The molecule has 0 unspecified atom stereocenters. The van der Waals surface area contributed by atoms with Crippen LogP contribution in [-0.4, -0.2) is 74.3 Å². The summed E-state index contributed by atoms with van der Waals surface area (Å²) in [6.07, 6.45) is 4.35. The van der Waals surface area contributed by atoms with Gasteiger partial charge in [0.05, 0.1) is 23.3 Å². The maximum atomic E-state index is 13.8. The summed E-state index contributed by atoms with van der Waals surface area (Å²) in [7, 11) is 1.23. The monoisotopic (exact) mass is 581 g/mol. The Balaban J connectivity index is 0.00000560. The number of carbonyl (C=O) groups is 3. The van der Waals surface area contributed by atoms with Gasteiger partial charge in [-0.2, -0.15) is 0 Å². The molecule has 1 saturated heterocycles. The van der Waals surface area contributed by atoms with Gasteiger partial charge in [-0.05, 0) is 24.8 Å². The molecular formula is C24H32ClN7O8. The zero-order chi connectivity index (χ0) is 28.7. The van der Waals surface area contributed by atoms with Crippen LogP contribution in [0, 0.1) is 26.1 Å². The molecule has 15 nitrogen and oxygen atoms in total. The minimum Gasteiger partial charge on any atom is -0.467 e. The summed E-state index contributed by atoms with van der Waals surface area (Å²) in [5.74, 6) is -1.86. The third-order valence-corrected chi connectivity index (χ3v) is 6.81. The second kappa shape index (κ2) is 14.2. The van der Waals surface area contributed by atoms with Crippen molar-refractivity contribution in [2.24, 2.45) is 5.92 Å². The van der Waals surface area contributed by atoms with E-state index < -0.39 is 57.1 Å². The number of nitrogens with one attached hydrogen (secondary N) is 3. The third-order valence-electron chi connectivity index (χ3n) is 6.81. The van der Waals surface area contributed by atoms with Gasteiger partial charge in [0.25, 0.3) is 0 Å². The van der Waals surface area contributed by atoms with Crippen LogP contribution in [0.2, 0.25) is 0 Å². The highest BCUT2D eigenvalue weighted by Crippen LogP contribution is 2.35. The predicted octanol–water partition coefficient (Wildman–Crippen LogP) is 2.37. The number of H-pyrrole nitrogens is 1. The molecule has 16 heteroatoms. The van der Waals surface area contributed by atoms with Gasteiger partial charge in [0.1, 0.15) is 23.8 Å². The van der Waals surface area contributed by atoms with Crippen molar-refractivity contribution in [3.8, 4) is 0 Å². The van der Waals surface area contributed by atoms with Crippen molar-refractivity contribution in [3.05, 3.63) is 56.6 Å². The van der Waals surface area contributed by atoms with Crippen LogP contribution in [-0.2, 0) is 25.5 Å². The Labute approximate surface area is 235 Å². The lowest BCUT2D eigenvalue weighted by Crippen LogP contribution is -2.55. The molecule has 2 amide bonds. The van der Waals surface area contributed by atoms with Crippen LogP contribution in [0.3, 0.4) is 0 Å². The highest BCUT2D eigenvalue weighted by molar-refractivity contribution is 5.94. The normalized spacial score (nSPS) is 16.7. The summed E-state index contributed by atoms with van der Waals surface area (Å²) in [6.45, 7) is 3.91. The largest absolute Gasteiger partial charge is 0.467 e. The van der Waals surface area contributed by atoms with Crippen LogP contribution < -0.4 is 10.6 Å². The van der Waals surface area contributed by atoms with Gasteiger partial charge >= 0.3 is 17.3 Å². The van der Waals surface area contributed by atoms with Gasteiger partial charge in [-0.25, -0.2) is 9.78 Å². The number of ether oxygens (including phenoxy) is 1. The Bertz CT molecular complexity index is 1230. The van der Waals surface area contributed by atoms with Crippen LogP contribution in [0.4, 0.5) is 17.1 Å². The fraction of sp³-hybridized carbons (Fsp3) is 0.500. The van der Waals surface area contributed by atoms with Crippen LogP contribution in [0.5, 0.6) is 0 Å². The number of nitro groups is 2. The Morgan fingerprint density at radius 1 is 1.25 bits per heavy atom. The maximum absolute atomic E-state index is 13.8. The standard InChI is InChI=1S/C24H31N7O8.ClH/c1-4-14(2)20(24(34)39-3)28-22(32)19-9-6-10-29(19)23(33)17(11-15-12-25-13-26-15)27-16-7-5-8-18(30(35)36)21(16)31(37)38;/h5,7-8,12-14,17,19-20,27H,4,6,9-11H2,1-3H3,(H,25,26)(H,28,32);1H/t14-,17-,19-,20-;/m0./s1. The van der Waals surface area contributed by atoms with Crippen LogP contribution in [0.25, 0.3) is 0 Å². The zero-order valence-corrected chi connectivity index (χ0v) is 23.0. The number of rotatable bonds is 12. The zero-order valence-electron chi connectivity index (χ0n) is 22.2. The average molecular weight is 582 g/mol. The molecule has 0 aliphatic carbocycles. The average Bonchev–Trinajstić information content (AvgIpc) is 3.62. The topological polar surface area (TPSA) is 203 Å². The van der Waals surface area contributed by atoms with Gasteiger partial charge in [0.15, 0.2) is 0 Å². The number of likely N-dealkylation sites (tertiary alicyclic amines) is 1. The summed E-state index contributed by atoms with van der Waals surface area (Å²) in [4.78, 5) is 68.9. The number of methoxy groups -OCH3 is 1. The van der Waals surface area contributed by atoms with E-state index >= 15 is 0 Å². The third kappa shape index (κ3) is 7.22. The quantitative estimate of drug-likeness (QED) is 0.189. The molecular weight excluding hydrogens is 550 g/mol. The van der Waals surface area contributed by atoms with E-state index in [1.807, 2.05) is 6.92 Å². The molecule has 0 radical (unpaired) electrons. The van der Waals surface area contributed by atoms with Crippen molar-refractivity contribution in [3.63, 3.8) is 0 Å². The summed E-state index contributed by atoms with van der Waals surface area (Å²) < 4.78 is 4.84. The number of nitrogens with zero attached hydrogens (tertiary/aromatic N) is 4. The molecule has 2 heterocycles. The Morgan fingerprint density at radius 2 is 1.98 bits per heavy atom. The second-order valence-corrected chi connectivity index (χ2v) is 9.25. The summed E-state index contributed by atoms with van der Waals surface area (Å²) in [5, 5.41) is 28.7. The number of anilines is 1. The first-order chi connectivity index (χ1) is 18.6. The minimum atomic E-state index is -1.13.